The van der Waals surface area contributed by atoms with Crippen molar-refractivity contribution in [3.8, 4) is 0 Å². The standard InChI is InChI=1S/C22H19NO2/c1-22(2)18-6-4-3-5-14(18)15-8-7-13(11-19(15)22)20-17-12-23-10-9-16(17)21(24)25-20/h3-12,14,18,20H,1-2H3. The summed E-state index contributed by atoms with van der Waals surface area (Å²) in [5, 5.41) is 0. The van der Waals surface area contributed by atoms with Crippen molar-refractivity contribution < 1.29 is 9.53 Å². The molecular formula is C22H19NO2. The molecule has 2 heterocycles. The van der Waals surface area contributed by atoms with Crippen LogP contribution in [0.3, 0.4) is 0 Å². The van der Waals surface area contributed by atoms with Crippen LogP contribution in [0, 0.1) is 5.92 Å². The van der Waals surface area contributed by atoms with Crippen LogP contribution in [0.2, 0.25) is 0 Å². The zero-order valence-electron chi connectivity index (χ0n) is 14.3. The van der Waals surface area contributed by atoms with Crippen molar-refractivity contribution in [2.75, 3.05) is 0 Å². The lowest BCUT2D eigenvalue weighted by Gasteiger charge is -2.29. The van der Waals surface area contributed by atoms with Gasteiger partial charge in [0.25, 0.3) is 0 Å². The molecule has 1 aromatic heterocycles. The fourth-order valence-electron chi connectivity index (χ4n) is 4.64. The van der Waals surface area contributed by atoms with Gasteiger partial charge in [-0.05, 0) is 34.1 Å². The van der Waals surface area contributed by atoms with Crippen LogP contribution in [0.5, 0.6) is 0 Å². The van der Waals surface area contributed by atoms with Crippen molar-refractivity contribution in [2.24, 2.45) is 5.92 Å². The van der Waals surface area contributed by atoms with E-state index in [9.17, 15) is 4.79 Å². The lowest BCUT2D eigenvalue weighted by molar-refractivity contribution is 0.0455. The topological polar surface area (TPSA) is 39.2 Å². The highest BCUT2D eigenvalue weighted by Gasteiger charge is 2.45. The fourth-order valence-corrected chi connectivity index (χ4v) is 4.64. The van der Waals surface area contributed by atoms with Gasteiger partial charge in [-0.2, -0.15) is 0 Å². The molecule has 0 saturated heterocycles. The third-order valence-electron chi connectivity index (χ3n) is 5.98. The molecule has 3 atom stereocenters. The van der Waals surface area contributed by atoms with Gasteiger partial charge in [-0.1, -0.05) is 56.4 Å². The third kappa shape index (κ3) is 1.92. The highest BCUT2D eigenvalue weighted by molar-refractivity contribution is 5.94. The molecule has 3 aliphatic rings. The van der Waals surface area contributed by atoms with Gasteiger partial charge >= 0.3 is 5.97 Å². The molecule has 2 aliphatic carbocycles. The number of carbonyl (C=O) groups excluding carboxylic acids is 1. The van der Waals surface area contributed by atoms with Gasteiger partial charge in [0.15, 0.2) is 6.10 Å². The van der Waals surface area contributed by atoms with E-state index in [0.29, 0.717) is 17.4 Å². The molecule has 0 bridgehead atoms. The van der Waals surface area contributed by atoms with Crippen LogP contribution in [0.4, 0.5) is 0 Å². The molecule has 1 aliphatic heterocycles. The first kappa shape index (κ1) is 14.6. The number of aromatic nitrogens is 1. The summed E-state index contributed by atoms with van der Waals surface area (Å²) in [7, 11) is 0. The molecule has 1 aromatic carbocycles. The molecule has 0 fully saturated rings. The zero-order chi connectivity index (χ0) is 17.2. The highest BCUT2D eigenvalue weighted by Crippen LogP contribution is 2.53. The Morgan fingerprint density at radius 2 is 1.92 bits per heavy atom. The number of pyridine rings is 1. The van der Waals surface area contributed by atoms with Crippen LogP contribution in [-0.2, 0) is 10.2 Å². The molecule has 3 nitrogen and oxygen atoms in total. The minimum atomic E-state index is -0.356. The normalized spacial score (nSPS) is 27.6. The summed E-state index contributed by atoms with van der Waals surface area (Å²) < 4.78 is 5.66. The van der Waals surface area contributed by atoms with Gasteiger partial charge in [-0.25, -0.2) is 4.79 Å². The minimum absolute atomic E-state index is 0.0532. The smallest absolute Gasteiger partial charge is 0.339 e. The molecule has 3 heteroatoms. The lowest BCUT2D eigenvalue weighted by Crippen LogP contribution is -2.24. The molecule has 2 aromatic rings. The van der Waals surface area contributed by atoms with Crippen molar-refractivity contribution >= 4 is 5.97 Å². The number of nitrogens with zero attached hydrogens (tertiary/aromatic N) is 1. The van der Waals surface area contributed by atoms with Crippen LogP contribution in [0.15, 0.2) is 61.0 Å². The van der Waals surface area contributed by atoms with Crippen LogP contribution in [-0.4, -0.2) is 11.0 Å². The third-order valence-corrected chi connectivity index (χ3v) is 5.98. The number of carbonyl (C=O) groups is 1. The van der Waals surface area contributed by atoms with Crippen molar-refractivity contribution in [2.45, 2.75) is 31.3 Å². The lowest BCUT2D eigenvalue weighted by atomic mass is 9.74. The Balaban J connectivity index is 1.63. The molecule has 0 amide bonds. The average molecular weight is 329 g/mol. The van der Waals surface area contributed by atoms with Gasteiger partial charge < -0.3 is 4.74 Å². The van der Waals surface area contributed by atoms with E-state index in [1.807, 2.05) is 0 Å². The zero-order valence-corrected chi connectivity index (χ0v) is 14.3. The Morgan fingerprint density at radius 3 is 2.80 bits per heavy atom. The van der Waals surface area contributed by atoms with Crippen LogP contribution in [0.1, 0.15) is 58.5 Å². The molecule has 5 rings (SSSR count). The molecule has 3 unspecified atom stereocenters. The maximum atomic E-state index is 12.1. The van der Waals surface area contributed by atoms with Crippen molar-refractivity contribution in [3.63, 3.8) is 0 Å². The summed E-state index contributed by atoms with van der Waals surface area (Å²) in [5.74, 6) is 0.647. The molecule has 0 spiro atoms. The van der Waals surface area contributed by atoms with E-state index in [-0.39, 0.29) is 17.5 Å². The molecule has 124 valence electrons. The average Bonchev–Trinajstić information content (AvgIpc) is 3.09. The number of allylic oxidation sites excluding steroid dienone is 4. The quantitative estimate of drug-likeness (QED) is 0.725. The van der Waals surface area contributed by atoms with E-state index < -0.39 is 0 Å². The van der Waals surface area contributed by atoms with E-state index in [0.717, 1.165) is 11.1 Å². The second-order valence-corrected chi connectivity index (χ2v) is 7.64. The number of hydrogen-bond acceptors (Lipinski definition) is 3. The van der Waals surface area contributed by atoms with Gasteiger partial charge in [-0.15, -0.1) is 0 Å². The minimum Gasteiger partial charge on any atom is -0.449 e. The highest BCUT2D eigenvalue weighted by atomic mass is 16.5. The van der Waals surface area contributed by atoms with E-state index in [1.165, 1.54) is 11.1 Å². The summed E-state index contributed by atoms with van der Waals surface area (Å²) in [6, 6.07) is 8.28. The number of ether oxygens (including phenoxy) is 1. The summed E-state index contributed by atoms with van der Waals surface area (Å²) in [6.45, 7) is 4.61. The number of rotatable bonds is 1. The van der Waals surface area contributed by atoms with E-state index in [4.69, 9.17) is 4.74 Å². The number of benzene rings is 1. The van der Waals surface area contributed by atoms with E-state index >= 15 is 0 Å². The molecule has 0 saturated carbocycles. The largest absolute Gasteiger partial charge is 0.449 e. The summed E-state index contributed by atoms with van der Waals surface area (Å²) in [6.07, 6.45) is 11.9. The molecular weight excluding hydrogens is 310 g/mol. The number of esters is 1. The second-order valence-electron chi connectivity index (χ2n) is 7.64. The Bertz CT molecular complexity index is 954. The first-order valence-corrected chi connectivity index (χ1v) is 8.71. The first-order valence-electron chi connectivity index (χ1n) is 8.71. The van der Waals surface area contributed by atoms with Gasteiger partial charge in [0.05, 0.1) is 5.56 Å². The van der Waals surface area contributed by atoms with Gasteiger partial charge in [0.1, 0.15) is 0 Å². The Morgan fingerprint density at radius 1 is 1.08 bits per heavy atom. The first-order chi connectivity index (χ1) is 12.1. The maximum Gasteiger partial charge on any atom is 0.339 e. The predicted octanol–water partition coefficient (Wildman–Crippen LogP) is 4.46. The Hall–Kier alpha value is -2.68. The van der Waals surface area contributed by atoms with Crippen molar-refractivity contribution in [1.82, 2.24) is 4.98 Å². The summed E-state index contributed by atoms with van der Waals surface area (Å²) in [5.41, 5.74) is 5.30. The number of fused-ring (bicyclic) bond motifs is 4. The van der Waals surface area contributed by atoms with Crippen LogP contribution in [0.25, 0.3) is 0 Å². The van der Waals surface area contributed by atoms with Gasteiger partial charge in [-0.3, -0.25) is 4.98 Å². The number of cyclic esters (lactones) is 1. The molecule has 0 radical (unpaired) electrons. The van der Waals surface area contributed by atoms with Gasteiger partial charge in [0.2, 0.25) is 0 Å². The molecule has 25 heavy (non-hydrogen) atoms. The van der Waals surface area contributed by atoms with E-state index in [1.54, 1.807) is 18.5 Å². The fraction of sp³-hybridized carbons (Fsp3) is 0.273. The molecule has 0 N–H and O–H groups in total. The van der Waals surface area contributed by atoms with Crippen LogP contribution >= 0.6 is 0 Å². The van der Waals surface area contributed by atoms with Crippen molar-refractivity contribution in [1.29, 1.82) is 0 Å². The van der Waals surface area contributed by atoms with Crippen molar-refractivity contribution in [3.05, 3.63) is 88.8 Å². The van der Waals surface area contributed by atoms with E-state index in [2.05, 4.69) is 61.3 Å². The number of hydrogen-bond donors (Lipinski definition) is 0. The van der Waals surface area contributed by atoms with Gasteiger partial charge in [0, 0.05) is 23.9 Å². The SMILES string of the molecule is CC1(C)c2cc(C3OC(=O)c4ccncc43)ccc2C2C=CC=CC21. The Kier molecular flexibility index (Phi) is 2.88. The maximum absolute atomic E-state index is 12.1. The monoisotopic (exact) mass is 329 g/mol. The summed E-state index contributed by atoms with van der Waals surface area (Å²) >= 11 is 0. The van der Waals surface area contributed by atoms with Crippen LogP contribution < -0.4 is 0 Å². The summed E-state index contributed by atoms with van der Waals surface area (Å²) in [4.78, 5) is 16.3. The second kappa shape index (κ2) is 4.92. The predicted molar refractivity (Wildman–Crippen MR) is 95.5 cm³/mol. The Labute approximate surface area is 147 Å².